The molecule has 21 heavy (non-hydrogen) atoms. The highest BCUT2D eigenvalue weighted by Gasteiger charge is 2.17. The zero-order chi connectivity index (χ0) is 15.0. The maximum Gasteiger partial charge on any atom is 0.357 e. The molecule has 0 radical (unpaired) electrons. The predicted octanol–water partition coefficient (Wildman–Crippen LogP) is 2.77. The zero-order valence-corrected chi connectivity index (χ0v) is 12.1. The summed E-state index contributed by atoms with van der Waals surface area (Å²) < 4.78 is 9.83. The van der Waals surface area contributed by atoms with Gasteiger partial charge < -0.3 is 9.84 Å². The van der Waals surface area contributed by atoms with Gasteiger partial charge in [0.2, 0.25) is 5.88 Å². The normalized spacial score (nSPS) is 10.8. The second-order valence-electron chi connectivity index (χ2n) is 4.40. The van der Waals surface area contributed by atoms with E-state index >= 15 is 0 Å². The van der Waals surface area contributed by atoms with E-state index in [9.17, 15) is 9.90 Å². The number of rotatable bonds is 3. The number of hydrogen-bond acceptors (Lipinski definition) is 6. The number of carbonyl (C=O) groups is 1. The molecule has 3 aromatic heterocycles. The van der Waals surface area contributed by atoms with Crippen LogP contribution in [0.25, 0.3) is 21.6 Å². The lowest BCUT2D eigenvalue weighted by molar-refractivity contribution is 0.0694. The van der Waals surface area contributed by atoms with Gasteiger partial charge in [-0.1, -0.05) is 6.07 Å². The summed E-state index contributed by atoms with van der Waals surface area (Å²) in [6.45, 7) is 1.90. The molecule has 3 heterocycles. The number of aromatic nitrogens is 3. The van der Waals surface area contributed by atoms with Gasteiger partial charge in [0.05, 0.1) is 23.2 Å². The summed E-state index contributed by atoms with van der Waals surface area (Å²) in [5.74, 6) is -0.599. The van der Waals surface area contributed by atoms with Crippen LogP contribution in [0.5, 0.6) is 5.88 Å². The number of carboxylic acids is 1. The molecule has 0 unspecified atom stereocenters. The summed E-state index contributed by atoms with van der Waals surface area (Å²) >= 11 is 1.14. The van der Waals surface area contributed by atoms with Gasteiger partial charge in [0.25, 0.3) is 0 Å². The molecular weight excluding hydrogens is 290 g/mol. The fourth-order valence-electron chi connectivity index (χ4n) is 2.01. The number of carboxylic acid groups (broad SMARTS) is 1. The summed E-state index contributed by atoms with van der Waals surface area (Å²) in [5, 5.41) is 9.17. The maximum absolute atomic E-state index is 11.2. The van der Waals surface area contributed by atoms with Crippen molar-refractivity contribution in [3.63, 3.8) is 0 Å². The second-order valence-corrected chi connectivity index (χ2v) is 5.18. The molecule has 0 spiro atoms. The van der Waals surface area contributed by atoms with Gasteiger partial charge in [0, 0.05) is 6.07 Å². The van der Waals surface area contributed by atoms with Crippen molar-refractivity contribution in [3.8, 4) is 17.3 Å². The van der Waals surface area contributed by atoms with Crippen molar-refractivity contribution >= 4 is 27.7 Å². The van der Waals surface area contributed by atoms with Crippen LogP contribution < -0.4 is 4.74 Å². The molecule has 0 aliphatic heterocycles. The Kier molecular flexibility index (Phi) is 3.26. The smallest absolute Gasteiger partial charge is 0.357 e. The Morgan fingerprint density at radius 2 is 2.10 bits per heavy atom. The molecule has 0 saturated heterocycles. The van der Waals surface area contributed by atoms with Gasteiger partial charge in [-0.2, -0.15) is 4.37 Å². The van der Waals surface area contributed by atoms with Crippen LogP contribution in [0.3, 0.4) is 0 Å². The number of nitrogens with zero attached hydrogens (tertiary/aromatic N) is 3. The van der Waals surface area contributed by atoms with Gasteiger partial charge in [-0.3, -0.25) is 0 Å². The first-order chi connectivity index (χ1) is 10.1. The van der Waals surface area contributed by atoms with Gasteiger partial charge in [-0.15, -0.1) is 0 Å². The molecule has 0 atom stereocenters. The van der Waals surface area contributed by atoms with Crippen LogP contribution in [0, 0.1) is 6.92 Å². The van der Waals surface area contributed by atoms with Gasteiger partial charge in [-0.25, -0.2) is 14.8 Å². The van der Waals surface area contributed by atoms with Crippen molar-refractivity contribution in [3.05, 3.63) is 35.5 Å². The van der Waals surface area contributed by atoms with Crippen LogP contribution in [0.15, 0.2) is 24.3 Å². The minimum absolute atomic E-state index is 0.0251. The van der Waals surface area contributed by atoms with Crippen LogP contribution >= 0.6 is 11.5 Å². The SMILES string of the molecule is COc1cccc(-c2cc(C)c3snc(C(=O)O)c3n2)n1. The Balaban J connectivity index is 2.23. The summed E-state index contributed by atoms with van der Waals surface area (Å²) in [7, 11) is 1.54. The van der Waals surface area contributed by atoms with E-state index in [-0.39, 0.29) is 5.69 Å². The molecule has 0 aliphatic rings. The quantitative estimate of drug-likeness (QED) is 0.800. The van der Waals surface area contributed by atoms with E-state index in [2.05, 4.69) is 14.3 Å². The largest absolute Gasteiger partial charge is 0.481 e. The third-order valence-electron chi connectivity index (χ3n) is 3.01. The third-order valence-corrected chi connectivity index (χ3v) is 3.98. The van der Waals surface area contributed by atoms with Crippen molar-refractivity contribution in [1.82, 2.24) is 14.3 Å². The van der Waals surface area contributed by atoms with E-state index in [4.69, 9.17) is 4.74 Å². The highest BCUT2D eigenvalue weighted by Crippen LogP contribution is 2.28. The van der Waals surface area contributed by atoms with Gasteiger partial charge in [0.15, 0.2) is 5.69 Å². The molecule has 1 N–H and O–H groups in total. The molecule has 7 heteroatoms. The monoisotopic (exact) mass is 301 g/mol. The van der Waals surface area contributed by atoms with Gasteiger partial charge in [0.1, 0.15) is 5.52 Å². The Morgan fingerprint density at radius 1 is 1.29 bits per heavy atom. The first kappa shape index (κ1) is 13.4. The minimum atomic E-state index is -1.08. The fourth-order valence-corrected chi connectivity index (χ4v) is 2.79. The summed E-state index contributed by atoms with van der Waals surface area (Å²) in [6, 6.07) is 7.22. The number of methoxy groups -OCH3 is 1. The lowest BCUT2D eigenvalue weighted by Gasteiger charge is -2.05. The van der Waals surface area contributed by atoms with Crippen LogP contribution in [0.1, 0.15) is 16.1 Å². The highest BCUT2D eigenvalue weighted by molar-refractivity contribution is 7.13. The van der Waals surface area contributed by atoms with E-state index in [1.165, 1.54) is 0 Å². The Bertz CT molecular complexity index is 845. The van der Waals surface area contributed by atoms with Crippen LogP contribution in [-0.2, 0) is 0 Å². The molecule has 6 nitrogen and oxygen atoms in total. The maximum atomic E-state index is 11.2. The lowest BCUT2D eigenvalue weighted by Crippen LogP contribution is -1.99. The van der Waals surface area contributed by atoms with Crippen molar-refractivity contribution in [2.75, 3.05) is 7.11 Å². The van der Waals surface area contributed by atoms with E-state index in [0.29, 0.717) is 22.8 Å². The molecular formula is C14H11N3O3S. The van der Waals surface area contributed by atoms with Crippen molar-refractivity contribution in [2.45, 2.75) is 6.92 Å². The Morgan fingerprint density at radius 3 is 2.81 bits per heavy atom. The third kappa shape index (κ3) is 2.31. The topological polar surface area (TPSA) is 85.2 Å². The number of fused-ring (bicyclic) bond motifs is 1. The lowest BCUT2D eigenvalue weighted by atomic mass is 10.1. The minimum Gasteiger partial charge on any atom is -0.481 e. The van der Waals surface area contributed by atoms with E-state index in [1.54, 1.807) is 19.2 Å². The summed E-state index contributed by atoms with van der Waals surface area (Å²) in [5.41, 5.74) is 2.52. The molecule has 0 saturated carbocycles. The second kappa shape index (κ2) is 5.10. The fraction of sp³-hybridized carbons (Fsp3) is 0.143. The number of hydrogen-bond donors (Lipinski definition) is 1. The van der Waals surface area contributed by atoms with E-state index < -0.39 is 5.97 Å². The molecule has 3 rings (SSSR count). The molecule has 106 valence electrons. The van der Waals surface area contributed by atoms with Crippen LogP contribution in [-0.4, -0.2) is 32.5 Å². The highest BCUT2D eigenvalue weighted by atomic mass is 32.1. The van der Waals surface area contributed by atoms with Gasteiger partial charge in [-0.05, 0) is 36.2 Å². The van der Waals surface area contributed by atoms with E-state index in [0.717, 1.165) is 21.8 Å². The molecule has 0 fully saturated rings. The number of aromatic carboxylic acids is 1. The molecule has 0 aliphatic carbocycles. The first-order valence-electron chi connectivity index (χ1n) is 6.12. The average Bonchev–Trinajstić information content (AvgIpc) is 2.92. The Labute approximate surface area is 124 Å². The van der Waals surface area contributed by atoms with Crippen molar-refractivity contribution in [2.24, 2.45) is 0 Å². The van der Waals surface area contributed by atoms with Crippen LogP contribution in [0.2, 0.25) is 0 Å². The molecule has 0 amide bonds. The molecule has 3 aromatic rings. The summed E-state index contributed by atoms with van der Waals surface area (Å²) in [4.78, 5) is 19.9. The summed E-state index contributed by atoms with van der Waals surface area (Å²) in [6.07, 6.45) is 0. The first-order valence-corrected chi connectivity index (χ1v) is 6.89. The van der Waals surface area contributed by atoms with Crippen molar-refractivity contribution < 1.29 is 14.6 Å². The van der Waals surface area contributed by atoms with Crippen LogP contribution in [0.4, 0.5) is 0 Å². The predicted molar refractivity (Wildman–Crippen MR) is 78.9 cm³/mol. The molecule has 0 bridgehead atoms. The van der Waals surface area contributed by atoms with E-state index in [1.807, 2.05) is 19.1 Å². The number of ether oxygens (including phenoxy) is 1. The Hall–Kier alpha value is -2.54. The number of aryl methyl sites for hydroxylation is 1. The standard InChI is InChI=1S/C14H11N3O3S/c1-7-6-9(8-4-3-5-10(15-8)20-2)16-11-12(14(18)19)17-21-13(7)11/h3-6H,1-2H3,(H,18,19). The van der Waals surface area contributed by atoms with Gasteiger partial charge >= 0.3 is 5.97 Å². The molecule has 0 aromatic carbocycles. The average molecular weight is 301 g/mol. The number of pyridine rings is 2. The zero-order valence-electron chi connectivity index (χ0n) is 11.3. The van der Waals surface area contributed by atoms with Crippen molar-refractivity contribution in [1.29, 1.82) is 0 Å².